The third kappa shape index (κ3) is 6.49. The number of carbonyl (C=O) groups excluding carboxylic acids is 1. The Bertz CT molecular complexity index is 901. The Morgan fingerprint density at radius 3 is 2.47 bits per heavy atom. The lowest BCUT2D eigenvalue weighted by Gasteiger charge is -2.42. The Hall–Kier alpha value is -2.17. The van der Waals surface area contributed by atoms with Gasteiger partial charge in [-0.05, 0) is 68.6 Å². The Morgan fingerprint density at radius 1 is 1.09 bits per heavy atom. The van der Waals surface area contributed by atoms with Gasteiger partial charge in [0, 0.05) is 12.0 Å². The molecule has 4 nitrogen and oxygen atoms in total. The SMILES string of the molecule is CCC(C)CC(CC(C)(C)C(=O)OC)(c1ccccc1)c1cccc(COC2CCCCO2)c1. The summed E-state index contributed by atoms with van der Waals surface area (Å²) in [7, 11) is 1.48. The van der Waals surface area contributed by atoms with Gasteiger partial charge in [0.1, 0.15) is 0 Å². The van der Waals surface area contributed by atoms with Gasteiger partial charge in [0.2, 0.25) is 0 Å². The van der Waals surface area contributed by atoms with Gasteiger partial charge >= 0.3 is 5.97 Å². The van der Waals surface area contributed by atoms with Crippen LogP contribution in [0.1, 0.15) is 82.9 Å². The first-order valence-electron chi connectivity index (χ1n) is 12.8. The second-order valence-corrected chi connectivity index (χ2v) is 10.5. The molecule has 186 valence electrons. The normalized spacial score (nSPS) is 19.3. The zero-order valence-corrected chi connectivity index (χ0v) is 21.6. The summed E-state index contributed by atoms with van der Waals surface area (Å²) in [5.74, 6) is 0.315. The van der Waals surface area contributed by atoms with Crippen LogP contribution in [0.25, 0.3) is 0 Å². The molecule has 1 heterocycles. The molecule has 3 rings (SSSR count). The van der Waals surface area contributed by atoms with Crippen LogP contribution in [0.4, 0.5) is 0 Å². The van der Waals surface area contributed by atoms with Crippen LogP contribution in [-0.2, 0) is 31.0 Å². The largest absolute Gasteiger partial charge is 0.469 e. The van der Waals surface area contributed by atoms with Gasteiger partial charge in [0.05, 0.1) is 19.1 Å². The number of hydrogen-bond acceptors (Lipinski definition) is 4. The fourth-order valence-electron chi connectivity index (χ4n) is 5.27. The van der Waals surface area contributed by atoms with Crippen molar-refractivity contribution in [2.45, 2.75) is 84.5 Å². The number of hydrogen-bond donors (Lipinski definition) is 0. The molecule has 0 spiro atoms. The third-order valence-corrected chi connectivity index (χ3v) is 7.26. The summed E-state index contributed by atoms with van der Waals surface area (Å²) in [6.07, 6.45) is 5.79. The summed E-state index contributed by atoms with van der Waals surface area (Å²) in [5, 5.41) is 0. The average molecular weight is 467 g/mol. The van der Waals surface area contributed by atoms with Crippen LogP contribution in [0, 0.1) is 11.3 Å². The molecule has 4 heteroatoms. The Kier molecular flexibility index (Phi) is 9.32. The van der Waals surface area contributed by atoms with Crippen molar-refractivity contribution in [3.05, 3.63) is 71.3 Å². The number of carbonyl (C=O) groups is 1. The van der Waals surface area contributed by atoms with Crippen molar-refractivity contribution in [3.8, 4) is 0 Å². The number of methoxy groups -OCH3 is 1. The lowest BCUT2D eigenvalue weighted by molar-refractivity contribution is -0.168. The van der Waals surface area contributed by atoms with E-state index >= 15 is 0 Å². The first kappa shape index (κ1) is 26.4. The van der Waals surface area contributed by atoms with Gasteiger partial charge in [-0.3, -0.25) is 4.79 Å². The van der Waals surface area contributed by atoms with Crippen molar-refractivity contribution in [1.82, 2.24) is 0 Å². The highest BCUT2D eigenvalue weighted by atomic mass is 16.7. The fraction of sp³-hybridized carbons (Fsp3) is 0.567. The van der Waals surface area contributed by atoms with E-state index in [2.05, 4.69) is 68.4 Å². The van der Waals surface area contributed by atoms with Gasteiger partial charge in [0.15, 0.2) is 6.29 Å². The van der Waals surface area contributed by atoms with Crippen molar-refractivity contribution in [1.29, 1.82) is 0 Å². The number of rotatable bonds is 11. The maximum absolute atomic E-state index is 12.8. The average Bonchev–Trinajstić information content (AvgIpc) is 2.87. The van der Waals surface area contributed by atoms with Crippen molar-refractivity contribution < 1.29 is 19.0 Å². The van der Waals surface area contributed by atoms with Crippen LogP contribution in [0.15, 0.2) is 54.6 Å². The van der Waals surface area contributed by atoms with Crippen LogP contribution in [0.3, 0.4) is 0 Å². The molecule has 1 aliphatic rings. The lowest BCUT2D eigenvalue weighted by atomic mass is 9.61. The third-order valence-electron chi connectivity index (χ3n) is 7.26. The van der Waals surface area contributed by atoms with E-state index < -0.39 is 5.41 Å². The Balaban J connectivity index is 2.03. The summed E-state index contributed by atoms with van der Waals surface area (Å²) in [6.45, 7) is 9.84. The second-order valence-electron chi connectivity index (χ2n) is 10.5. The maximum Gasteiger partial charge on any atom is 0.311 e. The van der Waals surface area contributed by atoms with Gasteiger partial charge in [-0.2, -0.15) is 0 Å². The summed E-state index contributed by atoms with van der Waals surface area (Å²) in [4.78, 5) is 12.8. The molecule has 1 aliphatic heterocycles. The van der Waals surface area contributed by atoms with Crippen LogP contribution in [-0.4, -0.2) is 26.0 Å². The van der Waals surface area contributed by atoms with E-state index in [4.69, 9.17) is 14.2 Å². The first-order chi connectivity index (χ1) is 16.3. The van der Waals surface area contributed by atoms with Crippen LogP contribution < -0.4 is 0 Å². The Labute approximate surface area is 206 Å². The van der Waals surface area contributed by atoms with Gasteiger partial charge < -0.3 is 14.2 Å². The molecule has 1 fully saturated rings. The molecule has 0 radical (unpaired) electrons. The second kappa shape index (κ2) is 12.0. The smallest absolute Gasteiger partial charge is 0.311 e. The molecule has 2 aromatic rings. The molecule has 0 bridgehead atoms. The van der Waals surface area contributed by atoms with Gasteiger partial charge in [-0.15, -0.1) is 0 Å². The van der Waals surface area contributed by atoms with E-state index in [-0.39, 0.29) is 17.7 Å². The number of benzene rings is 2. The molecule has 3 atom stereocenters. The van der Waals surface area contributed by atoms with Crippen molar-refractivity contribution >= 4 is 5.97 Å². The van der Waals surface area contributed by atoms with E-state index in [1.165, 1.54) is 18.2 Å². The minimum absolute atomic E-state index is 0.116. The molecule has 0 aromatic heterocycles. The molecule has 3 unspecified atom stereocenters. The summed E-state index contributed by atoms with van der Waals surface area (Å²) in [6, 6.07) is 19.4. The standard InChI is InChI=1S/C30H42O4/c1-6-23(2)20-30(25-14-8-7-9-15-25,22-29(3,4)28(31)32-5)26-16-12-13-24(19-26)21-34-27-17-10-11-18-33-27/h7-9,12-16,19,23,27H,6,10-11,17-18,20-22H2,1-5H3. The Morgan fingerprint density at radius 2 is 1.82 bits per heavy atom. The first-order valence-corrected chi connectivity index (χ1v) is 12.8. The minimum atomic E-state index is -0.638. The highest BCUT2D eigenvalue weighted by Gasteiger charge is 2.44. The van der Waals surface area contributed by atoms with Crippen LogP contribution >= 0.6 is 0 Å². The van der Waals surface area contributed by atoms with Crippen molar-refractivity contribution in [2.24, 2.45) is 11.3 Å². The summed E-state index contributed by atoms with van der Waals surface area (Å²) in [5.41, 5.74) is 2.63. The molecule has 1 saturated heterocycles. The van der Waals surface area contributed by atoms with Crippen molar-refractivity contribution in [3.63, 3.8) is 0 Å². The molecular weight excluding hydrogens is 424 g/mol. The molecule has 0 amide bonds. The van der Waals surface area contributed by atoms with Gasteiger partial charge in [-0.1, -0.05) is 74.9 Å². The maximum atomic E-state index is 12.8. The monoisotopic (exact) mass is 466 g/mol. The molecule has 0 saturated carbocycles. The van der Waals surface area contributed by atoms with Crippen molar-refractivity contribution in [2.75, 3.05) is 13.7 Å². The van der Waals surface area contributed by atoms with Crippen LogP contribution in [0.5, 0.6) is 0 Å². The highest BCUT2D eigenvalue weighted by Crippen LogP contribution is 2.47. The van der Waals surface area contributed by atoms with Gasteiger partial charge in [-0.25, -0.2) is 0 Å². The van der Waals surface area contributed by atoms with E-state index in [0.717, 1.165) is 44.3 Å². The van der Waals surface area contributed by atoms with E-state index in [1.807, 2.05) is 13.8 Å². The van der Waals surface area contributed by atoms with E-state index in [9.17, 15) is 4.79 Å². The molecule has 0 aliphatic carbocycles. The highest BCUT2D eigenvalue weighted by molar-refractivity contribution is 5.76. The zero-order valence-electron chi connectivity index (χ0n) is 21.6. The summed E-state index contributed by atoms with van der Waals surface area (Å²) >= 11 is 0. The predicted octanol–water partition coefficient (Wildman–Crippen LogP) is 7.04. The molecule has 34 heavy (non-hydrogen) atoms. The molecular formula is C30H42O4. The summed E-state index contributed by atoms with van der Waals surface area (Å²) < 4.78 is 17.1. The number of esters is 1. The number of ether oxygens (including phenoxy) is 3. The molecule has 0 N–H and O–H groups in total. The zero-order chi connectivity index (χ0) is 24.6. The van der Waals surface area contributed by atoms with Gasteiger partial charge in [0.25, 0.3) is 0 Å². The lowest BCUT2D eigenvalue weighted by Crippen LogP contribution is -2.39. The minimum Gasteiger partial charge on any atom is -0.469 e. The predicted molar refractivity (Wildman–Crippen MR) is 137 cm³/mol. The molecule has 2 aromatic carbocycles. The topological polar surface area (TPSA) is 44.8 Å². The van der Waals surface area contributed by atoms with E-state index in [0.29, 0.717) is 18.9 Å². The van der Waals surface area contributed by atoms with Crippen LogP contribution in [0.2, 0.25) is 0 Å². The quantitative estimate of drug-likeness (QED) is 0.333. The fourth-order valence-corrected chi connectivity index (χ4v) is 5.27. The van der Waals surface area contributed by atoms with E-state index in [1.54, 1.807) is 0 Å².